The lowest BCUT2D eigenvalue weighted by Crippen LogP contribution is -2.54. The molecule has 0 spiro atoms. The number of pyridine rings is 1. The summed E-state index contributed by atoms with van der Waals surface area (Å²) in [6.45, 7) is 2.58. The normalized spacial score (nSPS) is 17.5. The third-order valence-electron chi connectivity index (χ3n) is 12.9. The van der Waals surface area contributed by atoms with Crippen LogP contribution < -0.4 is 31.0 Å². The van der Waals surface area contributed by atoms with Crippen LogP contribution in [0.5, 0.6) is 17.2 Å². The number of hydrogen-bond acceptors (Lipinski definition) is 12. The molecular formula is C53H56FN5O10. The number of ether oxygens (including phenoxy) is 3. The zero-order valence-electron chi connectivity index (χ0n) is 38.2. The van der Waals surface area contributed by atoms with Gasteiger partial charge in [-0.15, -0.1) is 0 Å². The molecule has 1 aliphatic heterocycles. The highest BCUT2D eigenvalue weighted by atomic mass is 19.1. The summed E-state index contributed by atoms with van der Waals surface area (Å²) in [7, 11) is 1.40. The second-order valence-corrected chi connectivity index (χ2v) is 17.7. The molecule has 5 aromatic carbocycles. The number of phenolic OH excluding ortho intramolecular Hbond substituents is 1. The SMILES string of the molecule is COc1cc(C(=O)N[C@H]2C[C@H](NC(=O)COc3cccc([C@](O)(C(=O)OCC4CCN(Cc5ccccc5)CC4)c4ccccc4)c3)C2)c(F)cc1CNC[C@H](O)c1ccc(O)c2[nH]c(=O)ccc12. The number of esters is 1. The molecule has 2 fully saturated rings. The number of amides is 2. The Morgan fingerprint density at radius 3 is 2.32 bits per heavy atom. The fraction of sp³-hybridized carbons (Fsp3) is 0.321. The number of rotatable bonds is 19. The van der Waals surface area contributed by atoms with Gasteiger partial charge in [-0.3, -0.25) is 19.3 Å². The molecule has 1 saturated carbocycles. The molecule has 7 N–H and O–H groups in total. The first-order chi connectivity index (χ1) is 33.4. The molecule has 1 aliphatic carbocycles. The van der Waals surface area contributed by atoms with Gasteiger partial charge >= 0.3 is 5.97 Å². The van der Waals surface area contributed by atoms with Crippen molar-refractivity contribution in [3.8, 4) is 17.2 Å². The Hall–Kier alpha value is -7.11. The molecule has 1 saturated heterocycles. The Bertz CT molecular complexity index is 2820. The van der Waals surface area contributed by atoms with Gasteiger partial charge in [-0.1, -0.05) is 78.9 Å². The van der Waals surface area contributed by atoms with E-state index < -0.39 is 40.9 Å². The molecule has 2 amide bonds. The molecule has 0 radical (unpaired) electrons. The Balaban J connectivity index is 0.793. The van der Waals surface area contributed by atoms with Crippen LogP contribution in [0.1, 0.15) is 70.0 Å². The number of piperidine rings is 1. The maximum absolute atomic E-state index is 15.4. The van der Waals surface area contributed by atoms with E-state index in [-0.39, 0.29) is 78.2 Å². The first kappa shape index (κ1) is 48.4. The summed E-state index contributed by atoms with van der Waals surface area (Å²) in [4.78, 5) is 56.8. The Morgan fingerprint density at radius 1 is 0.870 bits per heavy atom. The third kappa shape index (κ3) is 11.6. The average Bonchev–Trinajstić information content (AvgIpc) is 3.35. The van der Waals surface area contributed by atoms with Crippen molar-refractivity contribution in [3.05, 3.63) is 171 Å². The molecule has 69 heavy (non-hydrogen) atoms. The maximum Gasteiger partial charge on any atom is 0.347 e. The first-order valence-electron chi connectivity index (χ1n) is 23.0. The number of benzene rings is 5. The van der Waals surface area contributed by atoms with Gasteiger partial charge in [0, 0.05) is 54.3 Å². The molecule has 0 bridgehead atoms. The van der Waals surface area contributed by atoms with Gasteiger partial charge in [0.05, 0.1) is 30.9 Å². The van der Waals surface area contributed by atoms with Crippen LogP contribution in [0.25, 0.3) is 10.9 Å². The van der Waals surface area contributed by atoms with Gasteiger partial charge in [0.25, 0.3) is 11.8 Å². The number of likely N-dealkylation sites (tertiary alicyclic amines) is 1. The van der Waals surface area contributed by atoms with Crippen molar-refractivity contribution in [3.63, 3.8) is 0 Å². The van der Waals surface area contributed by atoms with Crippen molar-refractivity contribution in [2.24, 2.45) is 5.92 Å². The highest BCUT2D eigenvalue weighted by molar-refractivity contribution is 5.95. The van der Waals surface area contributed by atoms with E-state index in [9.17, 15) is 34.5 Å². The number of carbonyl (C=O) groups is 3. The quantitative estimate of drug-likeness (QED) is 0.0513. The number of methoxy groups -OCH3 is 1. The highest BCUT2D eigenvalue weighted by Crippen LogP contribution is 2.34. The third-order valence-corrected chi connectivity index (χ3v) is 12.9. The topological polar surface area (TPSA) is 212 Å². The number of nitrogens with one attached hydrogen (secondary N) is 4. The number of halogens is 1. The first-order valence-corrected chi connectivity index (χ1v) is 23.0. The Morgan fingerprint density at radius 2 is 1.58 bits per heavy atom. The summed E-state index contributed by atoms with van der Waals surface area (Å²) < 4.78 is 32.5. The van der Waals surface area contributed by atoms with Crippen LogP contribution in [0, 0.1) is 11.7 Å². The molecule has 6 aromatic rings. The molecule has 16 heteroatoms. The van der Waals surface area contributed by atoms with E-state index in [1.807, 2.05) is 18.2 Å². The van der Waals surface area contributed by atoms with Crippen molar-refractivity contribution in [2.75, 3.05) is 40.0 Å². The summed E-state index contributed by atoms with van der Waals surface area (Å²) in [5, 5.41) is 42.5. The fourth-order valence-electron chi connectivity index (χ4n) is 8.98. The van der Waals surface area contributed by atoms with E-state index >= 15 is 4.39 Å². The smallest absolute Gasteiger partial charge is 0.347 e. The van der Waals surface area contributed by atoms with E-state index in [4.69, 9.17) is 14.2 Å². The number of aliphatic hydroxyl groups excluding tert-OH is 1. The number of carbonyl (C=O) groups excluding carboxylic acids is 3. The molecule has 2 atom stereocenters. The number of phenols is 1. The van der Waals surface area contributed by atoms with Gasteiger partial charge in [-0.25, -0.2) is 9.18 Å². The summed E-state index contributed by atoms with van der Waals surface area (Å²) in [5.41, 5.74) is 0.143. The monoisotopic (exact) mass is 941 g/mol. The standard InChI is InChI=1S/C53H56FN5O10/c1-67-47-27-43(44(54)23-35(47)28-55-29-46(61)41-15-17-45(60)50-42(41)16-18-48(62)58-50)51(64)57-39-25-38(26-39)56-49(63)32-68-40-14-8-13-37(24-40)53(66,36-11-6-3-7-12-36)52(65)69-31-34-19-21-59(22-20-34)30-33-9-4-2-5-10-33/h2-18,23-24,27,34,38-39,46,55,60-61,66H,19-22,25-26,28-32H2,1H3,(H,56,63)(H,57,64)(H,58,62)/t38-,39-,46-,53-/m0/s1. The van der Waals surface area contributed by atoms with Crippen LogP contribution in [0.15, 0.2) is 126 Å². The number of aliphatic hydroxyl groups is 2. The van der Waals surface area contributed by atoms with Gasteiger partial charge in [0.15, 0.2) is 6.61 Å². The average molecular weight is 942 g/mol. The predicted molar refractivity (Wildman–Crippen MR) is 255 cm³/mol. The van der Waals surface area contributed by atoms with Crippen molar-refractivity contribution >= 4 is 28.7 Å². The summed E-state index contributed by atoms with van der Waals surface area (Å²) in [5.74, 6) is -2.09. The van der Waals surface area contributed by atoms with Crippen LogP contribution in [-0.2, 0) is 33.0 Å². The molecule has 2 aliphatic rings. The van der Waals surface area contributed by atoms with Crippen LogP contribution in [0.2, 0.25) is 0 Å². The fourth-order valence-corrected chi connectivity index (χ4v) is 8.98. The molecule has 8 rings (SSSR count). The lowest BCUT2D eigenvalue weighted by atomic mass is 9.86. The zero-order chi connectivity index (χ0) is 48.5. The Labute approximate surface area is 398 Å². The second-order valence-electron chi connectivity index (χ2n) is 17.7. The van der Waals surface area contributed by atoms with E-state index in [1.54, 1.807) is 54.6 Å². The summed E-state index contributed by atoms with van der Waals surface area (Å²) >= 11 is 0. The van der Waals surface area contributed by atoms with Crippen LogP contribution in [0.4, 0.5) is 4.39 Å². The van der Waals surface area contributed by atoms with Crippen molar-refractivity contribution in [2.45, 2.75) is 62.6 Å². The highest BCUT2D eigenvalue weighted by Gasteiger charge is 2.42. The van der Waals surface area contributed by atoms with Crippen molar-refractivity contribution in [1.29, 1.82) is 0 Å². The minimum absolute atomic E-state index is 0.0402. The Kier molecular flexibility index (Phi) is 15.3. The number of fused-ring (bicyclic) bond motifs is 1. The molecule has 0 unspecified atom stereocenters. The molecule has 2 heterocycles. The van der Waals surface area contributed by atoms with Gasteiger partial charge in [0.1, 0.15) is 23.1 Å². The van der Waals surface area contributed by atoms with Gasteiger partial charge in [-0.2, -0.15) is 0 Å². The lowest BCUT2D eigenvalue weighted by molar-refractivity contribution is -0.164. The number of aromatic amines is 1. The molecule has 15 nitrogen and oxygen atoms in total. The summed E-state index contributed by atoms with van der Waals surface area (Å²) in [6.07, 6.45) is 1.49. The zero-order valence-corrected chi connectivity index (χ0v) is 38.2. The van der Waals surface area contributed by atoms with E-state index in [1.165, 1.54) is 49.1 Å². The van der Waals surface area contributed by atoms with E-state index in [0.717, 1.165) is 32.5 Å². The number of nitrogens with zero attached hydrogens (tertiary/aromatic N) is 1. The van der Waals surface area contributed by atoms with Crippen LogP contribution in [-0.4, -0.2) is 95.0 Å². The van der Waals surface area contributed by atoms with Crippen LogP contribution >= 0.6 is 0 Å². The van der Waals surface area contributed by atoms with Crippen LogP contribution in [0.3, 0.4) is 0 Å². The second kappa shape index (κ2) is 21.9. The molecular weight excluding hydrogens is 886 g/mol. The number of H-pyrrole nitrogens is 1. The summed E-state index contributed by atoms with van der Waals surface area (Å²) in [6, 6.07) is 32.9. The molecule has 1 aromatic heterocycles. The maximum atomic E-state index is 15.4. The van der Waals surface area contributed by atoms with Gasteiger partial charge < -0.3 is 50.5 Å². The molecule has 360 valence electrons. The lowest BCUT2D eigenvalue weighted by Gasteiger charge is -2.36. The number of hydrogen-bond donors (Lipinski definition) is 7. The van der Waals surface area contributed by atoms with Crippen molar-refractivity contribution in [1.82, 2.24) is 25.8 Å². The van der Waals surface area contributed by atoms with Crippen molar-refractivity contribution < 1.29 is 48.3 Å². The van der Waals surface area contributed by atoms with Gasteiger partial charge in [0.2, 0.25) is 11.2 Å². The van der Waals surface area contributed by atoms with E-state index in [2.05, 4.69) is 38.0 Å². The minimum atomic E-state index is -2.14. The number of aromatic hydroxyl groups is 1. The number of aromatic nitrogens is 1. The predicted octanol–water partition coefficient (Wildman–Crippen LogP) is 5.35. The largest absolute Gasteiger partial charge is 0.506 e. The van der Waals surface area contributed by atoms with E-state index in [0.29, 0.717) is 34.9 Å². The minimum Gasteiger partial charge on any atom is -0.506 e. The van der Waals surface area contributed by atoms with Gasteiger partial charge in [-0.05, 0) is 97.8 Å².